The molecule has 1 saturated heterocycles. The first kappa shape index (κ1) is 15.3. The Balaban J connectivity index is 1.70. The van der Waals surface area contributed by atoms with E-state index in [-0.39, 0.29) is 0 Å². The zero-order valence-electron chi connectivity index (χ0n) is 13.1. The van der Waals surface area contributed by atoms with Gasteiger partial charge in [0, 0.05) is 32.4 Å². The molecule has 1 aliphatic heterocycles. The topological polar surface area (TPSA) is 28.6 Å². The minimum atomic E-state index is 0.895. The van der Waals surface area contributed by atoms with Crippen LogP contribution in [0.25, 0.3) is 0 Å². The molecule has 4 nitrogen and oxygen atoms in total. The molecule has 0 radical (unpaired) electrons. The molecule has 1 fully saturated rings. The van der Waals surface area contributed by atoms with E-state index in [0.29, 0.717) is 0 Å². The van der Waals surface area contributed by atoms with Gasteiger partial charge in [-0.1, -0.05) is 0 Å². The highest BCUT2D eigenvalue weighted by Crippen LogP contribution is 2.13. The molecule has 1 aromatic rings. The summed E-state index contributed by atoms with van der Waals surface area (Å²) in [6.45, 7) is 10.4. The average Bonchev–Trinajstić information content (AvgIpc) is 2.43. The van der Waals surface area contributed by atoms with Gasteiger partial charge in [0.15, 0.2) is 0 Å². The molecule has 0 saturated carbocycles. The number of aromatic nitrogens is 1. The minimum absolute atomic E-state index is 0.895. The second kappa shape index (κ2) is 7.60. The van der Waals surface area contributed by atoms with Gasteiger partial charge in [-0.3, -0.25) is 4.90 Å². The number of nitrogens with zero attached hydrogens (tertiary/aromatic N) is 3. The van der Waals surface area contributed by atoms with Crippen molar-refractivity contribution in [2.75, 3.05) is 51.3 Å². The summed E-state index contributed by atoms with van der Waals surface area (Å²) in [6, 6.07) is 4.28. The van der Waals surface area contributed by atoms with Crippen molar-refractivity contribution in [3.63, 3.8) is 0 Å². The lowest BCUT2D eigenvalue weighted by atomic mass is 10.2. The summed E-state index contributed by atoms with van der Waals surface area (Å²) in [7, 11) is 2.13. The van der Waals surface area contributed by atoms with Crippen molar-refractivity contribution in [2.24, 2.45) is 0 Å². The maximum Gasteiger partial charge on any atom is 0.128 e. The van der Waals surface area contributed by atoms with Gasteiger partial charge in [0.2, 0.25) is 0 Å². The molecular weight excluding hydrogens is 250 g/mol. The number of hydrogen-bond donors (Lipinski definition) is 0. The minimum Gasteiger partial charge on any atom is -0.379 e. The lowest BCUT2D eigenvalue weighted by molar-refractivity contribution is 0.0372. The van der Waals surface area contributed by atoms with Crippen LogP contribution in [0.3, 0.4) is 0 Å². The Labute approximate surface area is 122 Å². The summed E-state index contributed by atoms with van der Waals surface area (Å²) in [5, 5.41) is 0. The van der Waals surface area contributed by atoms with Crippen LogP contribution in [-0.4, -0.2) is 56.3 Å². The monoisotopic (exact) mass is 277 g/mol. The van der Waals surface area contributed by atoms with E-state index in [1.165, 1.54) is 24.9 Å². The van der Waals surface area contributed by atoms with Gasteiger partial charge in [-0.25, -0.2) is 4.98 Å². The number of anilines is 1. The molecule has 0 amide bonds. The second-order valence-corrected chi connectivity index (χ2v) is 5.73. The molecule has 0 aromatic carbocycles. The van der Waals surface area contributed by atoms with Crippen molar-refractivity contribution in [1.82, 2.24) is 9.88 Å². The Morgan fingerprint density at radius 3 is 2.65 bits per heavy atom. The van der Waals surface area contributed by atoms with Crippen LogP contribution in [-0.2, 0) is 4.74 Å². The van der Waals surface area contributed by atoms with Gasteiger partial charge in [0.05, 0.1) is 13.2 Å². The third kappa shape index (κ3) is 4.76. The third-order valence-electron chi connectivity index (χ3n) is 3.80. The SMILES string of the molecule is Cc1cc(C)nc(N(C)CCCCN2CCOCC2)c1. The van der Waals surface area contributed by atoms with Crippen LogP contribution in [0.1, 0.15) is 24.1 Å². The molecule has 20 heavy (non-hydrogen) atoms. The van der Waals surface area contributed by atoms with E-state index in [0.717, 1.165) is 44.4 Å². The number of aryl methyl sites for hydroxylation is 2. The average molecular weight is 277 g/mol. The highest BCUT2D eigenvalue weighted by molar-refractivity contribution is 5.41. The fourth-order valence-electron chi connectivity index (χ4n) is 2.64. The van der Waals surface area contributed by atoms with Crippen LogP contribution in [0.5, 0.6) is 0 Å². The van der Waals surface area contributed by atoms with Crippen LogP contribution >= 0.6 is 0 Å². The molecule has 0 unspecified atom stereocenters. The van der Waals surface area contributed by atoms with Crippen LogP contribution in [0.4, 0.5) is 5.82 Å². The van der Waals surface area contributed by atoms with Crippen molar-refractivity contribution in [3.8, 4) is 0 Å². The van der Waals surface area contributed by atoms with Gasteiger partial charge in [-0.05, 0) is 50.9 Å². The first-order chi connectivity index (χ1) is 9.65. The van der Waals surface area contributed by atoms with E-state index >= 15 is 0 Å². The molecule has 1 aliphatic rings. The van der Waals surface area contributed by atoms with Crippen molar-refractivity contribution in [3.05, 3.63) is 23.4 Å². The molecule has 2 heterocycles. The Morgan fingerprint density at radius 2 is 1.95 bits per heavy atom. The quantitative estimate of drug-likeness (QED) is 0.746. The highest BCUT2D eigenvalue weighted by Gasteiger charge is 2.09. The number of rotatable bonds is 6. The summed E-state index contributed by atoms with van der Waals surface area (Å²) in [6.07, 6.45) is 2.46. The zero-order valence-corrected chi connectivity index (χ0v) is 13.1. The van der Waals surface area contributed by atoms with Crippen LogP contribution in [0.15, 0.2) is 12.1 Å². The standard InChI is InChI=1S/C16H27N3O/c1-14-12-15(2)17-16(13-14)18(3)6-4-5-7-19-8-10-20-11-9-19/h12-13H,4-11H2,1-3H3. The van der Waals surface area contributed by atoms with Gasteiger partial charge in [-0.15, -0.1) is 0 Å². The van der Waals surface area contributed by atoms with E-state index in [1.54, 1.807) is 0 Å². The zero-order chi connectivity index (χ0) is 14.4. The van der Waals surface area contributed by atoms with E-state index in [9.17, 15) is 0 Å². The largest absolute Gasteiger partial charge is 0.379 e. The molecule has 112 valence electrons. The molecule has 2 rings (SSSR count). The summed E-state index contributed by atoms with van der Waals surface area (Å²) in [5.74, 6) is 1.09. The van der Waals surface area contributed by atoms with Crippen LogP contribution in [0, 0.1) is 13.8 Å². The van der Waals surface area contributed by atoms with E-state index in [2.05, 4.69) is 47.8 Å². The first-order valence-electron chi connectivity index (χ1n) is 7.61. The Morgan fingerprint density at radius 1 is 1.20 bits per heavy atom. The van der Waals surface area contributed by atoms with Crippen LogP contribution in [0.2, 0.25) is 0 Å². The summed E-state index contributed by atoms with van der Waals surface area (Å²) < 4.78 is 5.37. The van der Waals surface area contributed by atoms with Crippen molar-refractivity contribution in [1.29, 1.82) is 0 Å². The predicted molar refractivity (Wildman–Crippen MR) is 83.5 cm³/mol. The molecular formula is C16H27N3O. The molecule has 0 spiro atoms. The lowest BCUT2D eigenvalue weighted by Crippen LogP contribution is -2.37. The van der Waals surface area contributed by atoms with Gasteiger partial charge < -0.3 is 9.64 Å². The summed E-state index contributed by atoms with van der Waals surface area (Å²) in [4.78, 5) is 9.36. The van der Waals surface area contributed by atoms with Gasteiger partial charge in [0.1, 0.15) is 5.82 Å². The van der Waals surface area contributed by atoms with Gasteiger partial charge in [-0.2, -0.15) is 0 Å². The number of ether oxygens (including phenoxy) is 1. The van der Waals surface area contributed by atoms with Crippen molar-refractivity contribution >= 4 is 5.82 Å². The third-order valence-corrected chi connectivity index (χ3v) is 3.80. The predicted octanol–water partition coefficient (Wildman–Crippen LogP) is 2.25. The smallest absolute Gasteiger partial charge is 0.128 e. The fourth-order valence-corrected chi connectivity index (χ4v) is 2.64. The summed E-state index contributed by atoms with van der Waals surface area (Å²) >= 11 is 0. The molecule has 1 aromatic heterocycles. The number of pyridine rings is 1. The number of morpholine rings is 1. The fraction of sp³-hybridized carbons (Fsp3) is 0.688. The summed E-state index contributed by atoms with van der Waals surface area (Å²) in [5.41, 5.74) is 2.38. The van der Waals surface area contributed by atoms with Crippen molar-refractivity contribution in [2.45, 2.75) is 26.7 Å². The Kier molecular flexibility index (Phi) is 5.80. The second-order valence-electron chi connectivity index (χ2n) is 5.73. The normalized spacial score (nSPS) is 16.4. The highest BCUT2D eigenvalue weighted by atomic mass is 16.5. The van der Waals surface area contributed by atoms with Gasteiger partial charge in [0.25, 0.3) is 0 Å². The van der Waals surface area contributed by atoms with Gasteiger partial charge >= 0.3 is 0 Å². The maximum atomic E-state index is 5.37. The Bertz CT molecular complexity index is 396. The molecule has 0 atom stereocenters. The number of hydrogen-bond acceptors (Lipinski definition) is 4. The maximum absolute atomic E-state index is 5.37. The molecule has 0 aliphatic carbocycles. The number of unbranched alkanes of at least 4 members (excludes halogenated alkanes) is 1. The lowest BCUT2D eigenvalue weighted by Gasteiger charge is -2.27. The first-order valence-corrected chi connectivity index (χ1v) is 7.61. The molecule has 4 heteroatoms. The van der Waals surface area contributed by atoms with Crippen LogP contribution < -0.4 is 4.90 Å². The molecule has 0 N–H and O–H groups in total. The van der Waals surface area contributed by atoms with E-state index < -0.39 is 0 Å². The van der Waals surface area contributed by atoms with E-state index in [4.69, 9.17) is 4.74 Å². The van der Waals surface area contributed by atoms with Crippen molar-refractivity contribution < 1.29 is 4.74 Å². The van der Waals surface area contributed by atoms with E-state index in [1.807, 2.05) is 0 Å². The Hall–Kier alpha value is -1.13. The molecule has 0 bridgehead atoms.